The van der Waals surface area contributed by atoms with Crippen LogP contribution in [0.5, 0.6) is 0 Å². The first-order chi connectivity index (χ1) is 7.99. The number of nitrogens with zero attached hydrogens (tertiary/aromatic N) is 1. The Labute approximate surface area is 114 Å². The fourth-order valence-corrected chi connectivity index (χ4v) is 2.33. The summed E-state index contributed by atoms with van der Waals surface area (Å²) in [5.74, 6) is -0.566. The number of carbonyl (C=O) groups is 2. The largest absolute Gasteiger partial charge is 0.480 e. The average Bonchev–Trinajstić information content (AvgIpc) is 2.62. The summed E-state index contributed by atoms with van der Waals surface area (Å²) in [6.07, 6.45) is 3.38. The number of nitrogens with one attached hydrogen (secondary N) is 1. The Bertz CT molecular complexity index is 284. The van der Waals surface area contributed by atoms with Gasteiger partial charge in [0.05, 0.1) is 6.54 Å². The minimum Gasteiger partial charge on any atom is -0.480 e. The van der Waals surface area contributed by atoms with Gasteiger partial charge < -0.3 is 10.4 Å². The third-order valence-electron chi connectivity index (χ3n) is 3.03. The van der Waals surface area contributed by atoms with Gasteiger partial charge in [-0.1, -0.05) is 13.8 Å². The number of carboxylic acid groups (broad SMARTS) is 1. The summed E-state index contributed by atoms with van der Waals surface area (Å²) < 4.78 is 0. The zero-order chi connectivity index (χ0) is 12.8. The Kier molecular flexibility index (Phi) is 7.95. The number of likely N-dealkylation sites (tertiary alicyclic amines) is 1. The van der Waals surface area contributed by atoms with Crippen LogP contribution in [0.3, 0.4) is 0 Å². The molecular formula is C12H23ClN2O3. The number of halogens is 1. The maximum absolute atomic E-state index is 11.5. The number of carboxylic acids is 1. The van der Waals surface area contributed by atoms with Crippen LogP contribution in [0.2, 0.25) is 0 Å². The molecule has 0 saturated carbocycles. The van der Waals surface area contributed by atoms with Crippen molar-refractivity contribution < 1.29 is 14.7 Å². The van der Waals surface area contributed by atoms with E-state index in [1.807, 2.05) is 0 Å². The van der Waals surface area contributed by atoms with Gasteiger partial charge in [-0.2, -0.15) is 0 Å². The number of carbonyl (C=O) groups excluding carboxylic acids is 1. The van der Waals surface area contributed by atoms with Gasteiger partial charge in [0.2, 0.25) is 5.91 Å². The summed E-state index contributed by atoms with van der Waals surface area (Å²) in [5.41, 5.74) is 0. The van der Waals surface area contributed by atoms with Crippen LogP contribution < -0.4 is 5.32 Å². The second-order valence-electron chi connectivity index (χ2n) is 5.07. The van der Waals surface area contributed by atoms with Crippen molar-refractivity contribution >= 4 is 24.3 Å². The third-order valence-corrected chi connectivity index (χ3v) is 3.03. The number of amides is 1. The van der Waals surface area contributed by atoms with E-state index >= 15 is 0 Å². The molecule has 1 aliphatic rings. The van der Waals surface area contributed by atoms with Crippen LogP contribution in [0, 0.1) is 5.92 Å². The molecule has 1 aliphatic heterocycles. The first kappa shape index (κ1) is 17.2. The van der Waals surface area contributed by atoms with E-state index in [1.54, 1.807) is 0 Å². The van der Waals surface area contributed by atoms with Crippen molar-refractivity contribution in [1.29, 1.82) is 0 Å². The molecule has 1 heterocycles. The van der Waals surface area contributed by atoms with Crippen LogP contribution in [0.1, 0.15) is 33.1 Å². The Hall–Kier alpha value is -0.810. The molecule has 1 fully saturated rings. The van der Waals surface area contributed by atoms with Crippen LogP contribution in [0.25, 0.3) is 0 Å². The Morgan fingerprint density at radius 1 is 1.44 bits per heavy atom. The molecule has 0 radical (unpaired) electrons. The maximum atomic E-state index is 11.5. The lowest BCUT2D eigenvalue weighted by Crippen LogP contribution is -2.41. The minimum absolute atomic E-state index is 0. The van der Waals surface area contributed by atoms with Crippen LogP contribution in [0.15, 0.2) is 0 Å². The van der Waals surface area contributed by atoms with Crippen molar-refractivity contribution in [2.24, 2.45) is 5.92 Å². The Morgan fingerprint density at radius 3 is 2.67 bits per heavy atom. The molecular weight excluding hydrogens is 256 g/mol. The second kappa shape index (κ2) is 8.32. The van der Waals surface area contributed by atoms with Gasteiger partial charge in [-0.25, -0.2) is 0 Å². The third kappa shape index (κ3) is 6.21. The van der Waals surface area contributed by atoms with Crippen molar-refractivity contribution in [3.63, 3.8) is 0 Å². The highest BCUT2D eigenvalue weighted by Gasteiger charge is 2.26. The predicted molar refractivity (Wildman–Crippen MR) is 71.9 cm³/mol. The second-order valence-corrected chi connectivity index (χ2v) is 5.07. The summed E-state index contributed by atoms with van der Waals surface area (Å²) in [6, 6.07) is 0.477. The molecule has 1 atom stereocenters. The molecule has 6 heteroatoms. The lowest BCUT2D eigenvalue weighted by molar-refractivity contribution is -0.138. The van der Waals surface area contributed by atoms with Gasteiger partial charge in [0.25, 0.3) is 0 Å². The van der Waals surface area contributed by atoms with Crippen molar-refractivity contribution in [2.75, 3.05) is 19.6 Å². The maximum Gasteiger partial charge on any atom is 0.322 e. The number of rotatable bonds is 6. The molecule has 1 saturated heterocycles. The summed E-state index contributed by atoms with van der Waals surface area (Å²) in [6.45, 7) is 5.34. The zero-order valence-electron chi connectivity index (χ0n) is 11.0. The summed E-state index contributed by atoms with van der Waals surface area (Å²) in [4.78, 5) is 24.0. The standard InChI is InChI=1S/C12H22N2O3.ClH/c1-9(2)6-10-4-3-5-14(10)8-11(15)13-7-12(16)17;/h9-10H,3-8H2,1-2H3,(H,13,15)(H,16,17);1H. The molecule has 18 heavy (non-hydrogen) atoms. The highest BCUT2D eigenvalue weighted by molar-refractivity contribution is 5.85. The Balaban J connectivity index is 0.00000289. The number of aliphatic carboxylic acids is 1. The quantitative estimate of drug-likeness (QED) is 0.764. The van der Waals surface area contributed by atoms with Gasteiger partial charge in [0.1, 0.15) is 6.54 Å². The summed E-state index contributed by atoms with van der Waals surface area (Å²) in [7, 11) is 0. The molecule has 2 N–H and O–H groups in total. The van der Waals surface area contributed by atoms with Gasteiger partial charge >= 0.3 is 5.97 Å². The van der Waals surface area contributed by atoms with E-state index in [2.05, 4.69) is 24.1 Å². The molecule has 1 unspecified atom stereocenters. The molecule has 0 aromatic rings. The fraction of sp³-hybridized carbons (Fsp3) is 0.833. The Morgan fingerprint density at radius 2 is 2.11 bits per heavy atom. The lowest BCUT2D eigenvalue weighted by Gasteiger charge is -2.25. The van der Waals surface area contributed by atoms with Crippen LogP contribution in [-0.4, -0.2) is 47.6 Å². The first-order valence-corrected chi connectivity index (χ1v) is 6.21. The van der Waals surface area contributed by atoms with Crippen molar-refractivity contribution in [1.82, 2.24) is 10.2 Å². The van der Waals surface area contributed by atoms with E-state index in [4.69, 9.17) is 5.11 Å². The topological polar surface area (TPSA) is 69.6 Å². The normalized spacial score (nSPS) is 19.6. The van der Waals surface area contributed by atoms with Gasteiger partial charge in [-0.3, -0.25) is 14.5 Å². The van der Waals surface area contributed by atoms with E-state index in [0.29, 0.717) is 18.5 Å². The van der Waals surface area contributed by atoms with E-state index in [-0.39, 0.29) is 24.9 Å². The summed E-state index contributed by atoms with van der Waals surface area (Å²) >= 11 is 0. The fourth-order valence-electron chi connectivity index (χ4n) is 2.33. The zero-order valence-corrected chi connectivity index (χ0v) is 11.8. The molecule has 106 valence electrons. The van der Waals surface area contributed by atoms with Crippen LogP contribution in [-0.2, 0) is 9.59 Å². The van der Waals surface area contributed by atoms with Crippen LogP contribution >= 0.6 is 12.4 Å². The lowest BCUT2D eigenvalue weighted by atomic mass is 10.0. The number of hydrogen-bond donors (Lipinski definition) is 2. The van der Waals surface area contributed by atoms with Crippen molar-refractivity contribution in [2.45, 2.75) is 39.2 Å². The highest BCUT2D eigenvalue weighted by Crippen LogP contribution is 2.22. The SMILES string of the molecule is CC(C)CC1CCCN1CC(=O)NCC(=O)O.Cl. The molecule has 0 aromatic heterocycles. The van der Waals surface area contributed by atoms with Gasteiger partial charge in [0, 0.05) is 6.04 Å². The molecule has 0 spiro atoms. The number of hydrogen-bond acceptors (Lipinski definition) is 3. The molecule has 1 rings (SSSR count). The molecule has 0 aromatic carbocycles. The smallest absolute Gasteiger partial charge is 0.322 e. The van der Waals surface area contributed by atoms with Crippen molar-refractivity contribution in [3.8, 4) is 0 Å². The molecule has 1 amide bonds. The van der Waals surface area contributed by atoms with Crippen LogP contribution in [0.4, 0.5) is 0 Å². The summed E-state index contributed by atoms with van der Waals surface area (Å²) in [5, 5.41) is 10.9. The molecule has 5 nitrogen and oxygen atoms in total. The predicted octanol–water partition coefficient (Wildman–Crippen LogP) is 1.12. The van der Waals surface area contributed by atoms with Crippen molar-refractivity contribution in [3.05, 3.63) is 0 Å². The van der Waals surface area contributed by atoms with E-state index in [1.165, 1.54) is 0 Å². The van der Waals surface area contributed by atoms with E-state index in [0.717, 1.165) is 25.8 Å². The van der Waals surface area contributed by atoms with Gasteiger partial charge in [-0.05, 0) is 31.7 Å². The van der Waals surface area contributed by atoms with Gasteiger partial charge in [-0.15, -0.1) is 12.4 Å². The average molecular weight is 279 g/mol. The first-order valence-electron chi connectivity index (χ1n) is 6.21. The minimum atomic E-state index is -1.00. The molecule has 0 bridgehead atoms. The van der Waals surface area contributed by atoms with Gasteiger partial charge in [0.15, 0.2) is 0 Å². The molecule has 0 aliphatic carbocycles. The van der Waals surface area contributed by atoms with E-state index < -0.39 is 5.97 Å². The van der Waals surface area contributed by atoms with E-state index in [9.17, 15) is 9.59 Å². The highest BCUT2D eigenvalue weighted by atomic mass is 35.5. The monoisotopic (exact) mass is 278 g/mol.